The number of halogens is 1. The van der Waals surface area contributed by atoms with E-state index in [1.54, 1.807) is 35.2 Å². The Balaban J connectivity index is 1.25. The lowest BCUT2D eigenvalue weighted by molar-refractivity contribution is 0.0695. The van der Waals surface area contributed by atoms with Crippen molar-refractivity contribution in [3.63, 3.8) is 0 Å². The molecule has 0 saturated carbocycles. The molecule has 158 valence electrons. The summed E-state index contributed by atoms with van der Waals surface area (Å²) < 4.78 is 20.6. The van der Waals surface area contributed by atoms with Gasteiger partial charge in [0.05, 0.1) is 4.88 Å². The number of carbonyl (C=O) groups is 1. The number of aryl methyl sites for hydroxylation is 1. The number of thiophene rings is 1. The molecule has 1 aliphatic rings. The first-order chi connectivity index (χ1) is 15.1. The minimum atomic E-state index is -0.309. The molecule has 1 aliphatic heterocycles. The lowest BCUT2D eigenvalue weighted by Gasteiger charge is -2.30. The highest BCUT2D eigenvalue weighted by atomic mass is 32.1. The van der Waals surface area contributed by atoms with Crippen LogP contribution in [0, 0.1) is 5.82 Å². The number of hydrogen-bond acceptors (Lipinski definition) is 6. The van der Waals surface area contributed by atoms with Gasteiger partial charge in [-0.15, -0.1) is 21.5 Å². The van der Waals surface area contributed by atoms with E-state index in [2.05, 4.69) is 15.3 Å². The molecule has 0 atom stereocenters. The summed E-state index contributed by atoms with van der Waals surface area (Å²) in [7, 11) is 1.80. The van der Waals surface area contributed by atoms with Crippen molar-refractivity contribution in [1.29, 1.82) is 0 Å². The van der Waals surface area contributed by atoms with E-state index in [1.165, 1.54) is 12.1 Å². The monoisotopic (exact) mass is 437 g/mol. The first-order valence-electron chi connectivity index (χ1n) is 10.0. The quantitative estimate of drug-likeness (QED) is 0.474. The zero-order valence-corrected chi connectivity index (χ0v) is 17.7. The van der Waals surface area contributed by atoms with E-state index < -0.39 is 0 Å². The van der Waals surface area contributed by atoms with Gasteiger partial charge in [-0.25, -0.2) is 4.39 Å². The molecule has 5 rings (SSSR count). The molecule has 1 saturated heterocycles. The number of carbonyl (C=O) groups excluding carboxylic acids is 1. The Kier molecular flexibility index (Phi) is 5.11. The van der Waals surface area contributed by atoms with Crippen molar-refractivity contribution < 1.29 is 13.6 Å². The summed E-state index contributed by atoms with van der Waals surface area (Å²) in [6, 6.07) is 11.8. The van der Waals surface area contributed by atoms with E-state index in [0.29, 0.717) is 36.1 Å². The van der Waals surface area contributed by atoms with E-state index in [0.717, 1.165) is 23.4 Å². The van der Waals surface area contributed by atoms with Gasteiger partial charge in [0.2, 0.25) is 11.8 Å². The van der Waals surface area contributed by atoms with Gasteiger partial charge >= 0.3 is 0 Å². The van der Waals surface area contributed by atoms with Crippen LogP contribution in [0.25, 0.3) is 22.0 Å². The topological polar surface area (TPSA) is 77.1 Å². The van der Waals surface area contributed by atoms with Gasteiger partial charge in [0, 0.05) is 31.6 Å². The minimum absolute atomic E-state index is 0.0196. The maximum absolute atomic E-state index is 13.1. The summed E-state index contributed by atoms with van der Waals surface area (Å²) in [5.41, 5.74) is 2.08. The Morgan fingerprint density at radius 3 is 2.65 bits per heavy atom. The molecule has 1 amide bonds. The third-order valence-electron chi connectivity index (χ3n) is 5.54. The molecule has 7 nitrogen and oxygen atoms in total. The van der Waals surface area contributed by atoms with Gasteiger partial charge in [-0.3, -0.25) is 9.48 Å². The molecule has 4 aromatic rings. The summed E-state index contributed by atoms with van der Waals surface area (Å²) >= 11 is 1.60. The minimum Gasteiger partial charge on any atom is -0.420 e. The van der Waals surface area contributed by atoms with Crippen LogP contribution in [0.3, 0.4) is 0 Å². The maximum Gasteiger partial charge on any atom is 0.272 e. The summed E-state index contributed by atoms with van der Waals surface area (Å²) in [5.74, 6) is 0.709. The predicted octanol–water partition coefficient (Wildman–Crippen LogP) is 4.36. The Hall–Kier alpha value is -3.33. The number of benzene rings is 1. The third-order valence-corrected chi connectivity index (χ3v) is 6.43. The Bertz CT molecular complexity index is 1190. The average Bonchev–Trinajstić information content (AvgIpc) is 3.55. The van der Waals surface area contributed by atoms with Crippen molar-refractivity contribution in [1.82, 2.24) is 24.9 Å². The van der Waals surface area contributed by atoms with Crippen LogP contribution in [0.15, 0.2) is 52.3 Å². The van der Waals surface area contributed by atoms with Gasteiger partial charge in [-0.05, 0) is 54.6 Å². The lowest BCUT2D eigenvalue weighted by atomic mass is 9.96. The van der Waals surface area contributed by atoms with E-state index >= 15 is 0 Å². The van der Waals surface area contributed by atoms with Gasteiger partial charge in [-0.1, -0.05) is 6.07 Å². The molecule has 9 heteroatoms. The van der Waals surface area contributed by atoms with Crippen LogP contribution in [0.5, 0.6) is 0 Å². The van der Waals surface area contributed by atoms with E-state index in [4.69, 9.17) is 4.42 Å². The number of rotatable bonds is 4. The van der Waals surface area contributed by atoms with Gasteiger partial charge in [0.15, 0.2) is 0 Å². The average molecular weight is 438 g/mol. The summed E-state index contributed by atoms with van der Waals surface area (Å²) in [4.78, 5) is 15.9. The second kappa shape index (κ2) is 8.07. The van der Waals surface area contributed by atoms with Crippen LogP contribution in [0.2, 0.25) is 0 Å². The molecule has 1 aromatic carbocycles. The fourth-order valence-electron chi connectivity index (χ4n) is 3.81. The first-order valence-corrected chi connectivity index (χ1v) is 10.9. The van der Waals surface area contributed by atoms with Gasteiger partial charge in [0.25, 0.3) is 5.91 Å². The highest BCUT2D eigenvalue weighted by Crippen LogP contribution is 2.30. The fourth-order valence-corrected chi connectivity index (χ4v) is 4.49. The second-order valence-corrected chi connectivity index (χ2v) is 8.48. The van der Waals surface area contributed by atoms with Crippen molar-refractivity contribution in [2.45, 2.75) is 18.8 Å². The SMILES string of the molecule is Cn1nc(-c2cccs2)cc1C(=O)N1CCC(c2nnc(-c3ccc(F)cc3)o2)CC1. The number of piperidine rings is 1. The molecule has 4 heterocycles. The van der Waals surface area contributed by atoms with Crippen LogP contribution < -0.4 is 0 Å². The molecule has 0 unspecified atom stereocenters. The molecule has 0 aliphatic carbocycles. The zero-order valence-electron chi connectivity index (χ0n) is 16.9. The molecule has 0 bridgehead atoms. The van der Waals surface area contributed by atoms with Gasteiger partial charge in [-0.2, -0.15) is 5.10 Å². The molecule has 0 N–H and O–H groups in total. The zero-order chi connectivity index (χ0) is 21.4. The first kappa shape index (κ1) is 19.6. The van der Waals surface area contributed by atoms with Crippen molar-refractivity contribution in [2.75, 3.05) is 13.1 Å². The number of amides is 1. The van der Waals surface area contributed by atoms with Gasteiger partial charge < -0.3 is 9.32 Å². The lowest BCUT2D eigenvalue weighted by Crippen LogP contribution is -2.38. The Labute approximate surface area is 182 Å². The normalized spacial score (nSPS) is 14.8. The van der Waals surface area contributed by atoms with Crippen LogP contribution in [-0.2, 0) is 7.05 Å². The predicted molar refractivity (Wildman–Crippen MR) is 114 cm³/mol. The third kappa shape index (κ3) is 3.88. The molecule has 0 spiro atoms. The Morgan fingerprint density at radius 1 is 1.16 bits per heavy atom. The van der Waals surface area contributed by atoms with Crippen LogP contribution in [-0.4, -0.2) is 43.9 Å². The van der Waals surface area contributed by atoms with Crippen molar-refractivity contribution in [3.8, 4) is 22.0 Å². The van der Waals surface area contributed by atoms with E-state index in [-0.39, 0.29) is 17.6 Å². The van der Waals surface area contributed by atoms with Crippen molar-refractivity contribution in [2.24, 2.45) is 7.05 Å². The Morgan fingerprint density at radius 2 is 1.94 bits per heavy atom. The molecular formula is C22H20FN5O2S. The second-order valence-electron chi connectivity index (χ2n) is 7.53. The van der Waals surface area contributed by atoms with Crippen molar-refractivity contribution in [3.05, 3.63) is 65.2 Å². The summed E-state index contributed by atoms with van der Waals surface area (Å²) in [5, 5.41) is 14.8. The summed E-state index contributed by atoms with van der Waals surface area (Å²) in [6.45, 7) is 1.22. The molecule has 1 fully saturated rings. The van der Waals surface area contributed by atoms with Crippen LogP contribution in [0.4, 0.5) is 4.39 Å². The van der Waals surface area contributed by atoms with Crippen molar-refractivity contribution >= 4 is 17.2 Å². The highest BCUT2D eigenvalue weighted by molar-refractivity contribution is 7.13. The fraction of sp³-hybridized carbons (Fsp3) is 0.273. The van der Waals surface area contributed by atoms with E-state index in [1.807, 2.05) is 28.5 Å². The standard InChI is InChI=1S/C22H20FN5O2S/c1-27-18(13-17(26-27)19-3-2-12-31-19)22(29)28-10-8-15(9-11-28)21-25-24-20(30-21)14-4-6-16(23)7-5-14/h2-7,12-13,15H,8-11H2,1H3. The molecular weight excluding hydrogens is 417 g/mol. The molecule has 31 heavy (non-hydrogen) atoms. The number of aromatic nitrogens is 4. The van der Waals surface area contributed by atoms with E-state index in [9.17, 15) is 9.18 Å². The summed E-state index contributed by atoms with van der Waals surface area (Å²) in [6.07, 6.45) is 1.48. The smallest absolute Gasteiger partial charge is 0.272 e. The highest BCUT2D eigenvalue weighted by Gasteiger charge is 2.29. The molecule has 0 radical (unpaired) electrons. The number of likely N-dealkylation sites (tertiary alicyclic amines) is 1. The number of hydrogen-bond donors (Lipinski definition) is 0. The molecule has 3 aromatic heterocycles. The van der Waals surface area contributed by atoms with Crippen LogP contribution >= 0.6 is 11.3 Å². The number of nitrogens with zero attached hydrogens (tertiary/aromatic N) is 5. The van der Waals surface area contributed by atoms with Gasteiger partial charge in [0.1, 0.15) is 17.2 Å². The largest absolute Gasteiger partial charge is 0.420 e. The van der Waals surface area contributed by atoms with Crippen LogP contribution in [0.1, 0.15) is 35.1 Å². The maximum atomic E-state index is 13.1.